The molecule has 0 aromatic heterocycles. The van der Waals surface area contributed by atoms with E-state index >= 15 is 0 Å². The van der Waals surface area contributed by atoms with Crippen LogP contribution >= 0.6 is 11.6 Å². The Kier molecular flexibility index (Phi) is 3.46. The van der Waals surface area contributed by atoms with Gasteiger partial charge < -0.3 is 14.8 Å². The number of hydrogen-bond acceptors (Lipinski definition) is 3. The first kappa shape index (κ1) is 12.3. The summed E-state index contributed by atoms with van der Waals surface area (Å²) in [6.07, 6.45) is 4.11. The number of anilines is 1. The molecule has 1 saturated carbocycles. The smallest absolute Gasteiger partial charge is 0.168 e. The minimum atomic E-state index is -0.271. The van der Waals surface area contributed by atoms with Crippen molar-refractivity contribution < 1.29 is 9.47 Å². The van der Waals surface area contributed by atoms with Crippen LogP contribution in [0.2, 0.25) is 5.02 Å². The third kappa shape index (κ3) is 2.63. The Bertz CT molecular complexity index is 408. The Hall–Kier alpha value is -0.770. The minimum Gasteiger partial charge on any atom is -0.382 e. The minimum absolute atomic E-state index is 0.271. The van der Waals surface area contributed by atoms with E-state index in [0.29, 0.717) is 6.04 Å². The molecule has 0 radical (unpaired) electrons. The first-order valence-electron chi connectivity index (χ1n) is 6.56. The lowest BCUT2D eigenvalue weighted by Crippen LogP contribution is -2.39. The third-order valence-corrected chi connectivity index (χ3v) is 3.99. The highest BCUT2D eigenvalue weighted by Crippen LogP contribution is 2.36. The molecule has 2 fully saturated rings. The van der Waals surface area contributed by atoms with Crippen LogP contribution in [0.5, 0.6) is 0 Å². The van der Waals surface area contributed by atoms with Gasteiger partial charge in [-0.15, -0.1) is 0 Å². The first-order chi connectivity index (χ1) is 8.76. The lowest BCUT2D eigenvalue weighted by molar-refractivity contribution is -0.177. The summed E-state index contributed by atoms with van der Waals surface area (Å²) in [6.45, 7) is 1.48. The standard InChI is InChI=1S/C14H18ClNO2/c15-11-2-1-3-13(10-11)16-12-4-6-14(7-5-12)17-8-9-18-14/h1-3,10,12,16H,4-9H2. The average Bonchev–Trinajstić information content (AvgIpc) is 2.81. The highest BCUT2D eigenvalue weighted by molar-refractivity contribution is 6.30. The Balaban J connectivity index is 1.57. The molecule has 1 saturated heterocycles. The van der Waals surface area contributed by atoms with E-state index in [2.05, 4.69) is 11.4 Å². The third-order valence-electron chi connectivity index (χ3n) is 3.76. The zero-order chi connectivity index (χ0) is 12.4. The molecule has 3 rings (SSSR count). The van der Waals surface area contributed by atoms with Gasteiger partial charge in [-0.05, 0) is 31.0 Å². The molecule has 1 aliphatic carbocycles. The molecule has 1 N–H and O–H groups in total. The lowest BCUT2D eigenvalue weighted by Gasteiger charge is -2.36. The quantitative estimate of drug-likeness (QED) is 0.890. The van der Waals surface area contributed by atoms with E-state index in [1.807, 2.05) is 18.2 Å². The van der Waals surface area contributed by atoms with Crippen LogP contribution in [0.4, 0.5) is 5.69 Å². The number of halogens is 1. The number of nitrogens with one attached hydrogen (secondary N) is 1. The zero-order valence-corrected chi connectivity index (χ0v) is 11.1. The molecule has 1 spiro atoms. The second-order valence-corrected chi connectivity index (χ2v) is 5.47. The van der Waals surface area contributed by atoms with Gasteiger partial charge in [-0.2, -0.15) is 0 Å². The van der Waals surface area contributed by atoms with Gasteiger partial charge >= 0.3 is 0 Å². The summed E-state index contributed by atoms with van der Waals surface area (Å²) in [6, 6.07) is 8.37. The maximum absolute atomic E-state index is 5.98. The largest absolute Gasteiger partial charge is 0.382 e. The van der Waals surface area contributed by atoms with Crippen LogP contribution in [0.15, 0.2) is 24.3 Å². The topological polar surface area (TPSA) is 30.5 Å². The fourth-order valence-corrected chi connectivity index (χ4v) is 2.99. The van der Waals surface area contributed by atoms with Gasteiger partial charge in [0, 0.05) is 29.6 Å². The molecule has 1 aromatic rings. The molecule has 0 amide bonds. The normalized spacial score (nSPS) is 23.4. The molecular formula is C14H18ClNO2. The molecule has 4 heteroatoms. The molecule has 0 bridgehead atoms. The Labute approximate surface area is 112 Å². The van der Waals surface area contributed by atoms with Crippen molar-refractivity contribution in [2.24, 2.45) is 0 Å². The molecule has 1 aromatic carbocycles. The number of hydrogen-bond donors (Lipinski definition) is 1. The van der Waals surface area contributed by atoms with E-state index in [-0.39, 0.29) is 5.79 Å². The van der Waals surface area contributed by atoms with E-state index in [4.69, 9.17) is 21.1 Å². The second kappa shape index (κ2) is 5.08. The Morgan fingerprint density at radius 1 is 1.17 bits per heavy atom. The molecule has 2 aliphatic rings. The monoisotopic (exact) mass is 267 g/mol. The molecule has 18 heavy (non-hydrogen) atoms. The van der Waals surface area contributed by atoms with Crippen LogP contribution in [0.25, 0.3) is 0 Å². The maximum atomic E-state index is 5.98. The molecular weight excluding hydrogens is 250 g/mol. The van der Waals surface area contributed by atoms with Crippen molar-refractivity contribution in [3.63, 3.8) is 0 Å². The van der Waals surface area contributed by atoms with Gasteiger partial charge in [0.2, 0.25) is 0 Å². The van der Waals surface area contributed by atoms with E-state index in [1.54, 1.807) is 0 Å². The van der Waals surface area contributed by atoms with Crippen LogP contribution in [0, 0.1) is 0 Å². The summed E-state index contributed by atoms with van der Waals surface area (Å²) in [5.74, 6) is -0.271. The van der Waals surface area contributed by atoms with Crippen molar-refractivity contribution >= 4 is 17.3 Å². The van der Waals surface area contributed by atoms with Crippen molar-refractivity contribution in [1.29, 1.82) is 0 Å². The first-order valence-corrected chi connectivity index (χ1v) is 6.94. The summed E-state index contributed by atoms with van der Waals surface area (Å²) in [5.41, 5.74) is 1.09. The van der Waals surface area contributed by atoms with E-state index in [0.717, 1.165) is 49.6 Å². The average molecular weight is 268 g/mol. The molecule has 98 valence electrons. The Morgan fingerprint density at radius 3 is 2.56 bits per heavy atom. The van der Waals surface area contributed by atoms with Crippen LogP contribution in [0.1, 0.15) is 25.7 Å². The van der Waals surface area contributed by atoms with Crippen LogP contribution in [0.3, 0.4) is 0 Å². The van der Waals surface area contributed by atoms with Crippen molar-refractivity contribution in [3.8, 4) is 0 Å². The summed E-state index contributed by atoms with van der Waals surface area (Å²) < 4.78 is 11.5. The van der Waals surface area contributed by atoms with E-state index in [9.17, 15) is 0 Å². The van der Waals surface area contributed by atoms with Crippen molar-refractivity contribution in [3.05, 3.63) is 29.3 Å². The molecule has 0 unspecified atom stereocenters. The van der Waals surface area contributed by atoms with Crippen LogP contribution < -0.4 is 5.32 Å². The highest BCUT2D eigenvalue weighted by Gasteiger charge is 2.40. The van der Waals surface area contributed by atoms with E-state index in [1.165, 1.54) is 0 Å². The van der Waals surface area contributed by atoms with Gasteiger partial charge in [-0.3, -0.25) is 0 Å². The summed E-state index contributed by atoms with van der Waals surface area (Å²) >= 11 is 5.98. The number of ether oxygens (including phenoxy) is 2. The Morgan fingerprint density at radius 2 is 1.89 bits per heavy atom. The predicted molar refractivity (Wildman–Crippen MR) is 72.0 cm³/mol. The SMILES string of the molecule is Clc1cccc(NC2CCC3(CC2)OCCO3)c1. The van der Waals surface area contributed by atoms with Gasteiger partial charge in [-0.1, -0.05) is 17.7 Å². The number of benzene rings is 1. The van der Waals surface area contributed by atoms with Gasteiger partial charge in [0.15, 0.2) is 5.79 Å². The highest BCUT2D eigenvalue weighted by atomic mass is 35.5. The zero-order valence-electron chi connectivity index (χ0n) is 10.3. The maximum Gasteiger partial charge on any atom is 0.168 e. The fourth-order valence-electron chi connectivity index (χ4n) is 2.80. The van der Waals surface area contributed by atoms with Gasteiger partial charge in [-0.25, -0.2) is 0 Å². The van der Waals surface area contributed by atoms with Gasteiger partial charge in [0.1, 0.15) is 0 Å². The van der Waals surface area contributed by atoms with Gasteiger partial charge in [0.25, 0.3) is 0 Å². The van der Waals surface area contributed by atoms with Crippen molar-refractivity contribution in [2.45, 2.75) is 37.5 Å². The van der Waals surface area contributed by atoms with Crippen LogP contribution in [-0.2, 0) is 9.47 Å². The summed E-state index contributed by atoms with van der Waals surface area (Å²) in [7, 11) is 0. The summed E-state index contributed by atoms with van der Waals surface area (Å²) in [5, 5.41) is 4.31. The lowest BCUT2D eigenvalue weighted by atomic mass is 9.90. The number of rotatable bonds is 2. The van der Waals surface area contributed by atoms with Gasteiger partial charge in [0.05, 0.1) is 13.2 Å². The molecule has 1 heterocycles. The van der Waals surface area contributed by atoms with Crippen molar-refractivity contribution in [2.75, 3.05) is 18.5 Å². The summed E-state index contributed by atoms with van der Waals surface area (Å²) in [4.78, 5) is 0. The van der Waals surface area contributed by atoms with Crippen LogP contribution in [-0.4, -0.2) is 25.0 Å². The van der Waals surface area contributed by atoms with E-state index < -0.39 is 0 Å². The second-order valence-electron chi connectivity index (χ2n) is 5.04. The molecule has 1 aliphatic heterocycles. The molecule has 0 atom stereocenters. The fraction of sp³-hybridized carbons (Fsp3) is 0.571. The molecule has 3 nitrogen and oxygen atoms in total. The predicted octanol–water partition coefficient (Wildman–Crippen LogP) is 3.44. The van der Waals surface area contributed by atoms with Crippen molar-refractivity contribution in [1.82, 2.24) is 0 Å².